The van der Waals surface area contributed by atoms with Gasteiger partial charge in [0.15, 0.2) is 0 Å². The summed E-state index contributed by atoms with van der Waals surface area (Å²) in [6.45, 7) is 2.16. The number of rotatable bonds is 6. The molecule has 0 bridgehead atoms. The second-order valence-corrected chi connectivity index (χ2v) is 6.10. The topological polar surface area (TPSA) is 49.4 Å². The number of anilines is 2. The van der Waals surface area contributed by atoms with Crippen LogP contribution in [0.5, 0.6) is 0 Å². The first-order chi connectivity index (χ1) is 11.7. The quantitative estimate of drug-likeness (QED) is 0.824. The Hall–Kier alpha value is -2.62. The number of aryl methyl sites for hydroxylation is 1. The van der Waals surface area contributed by atoms with Crippen molar-refractivity contribution in [1.29, 1.82) is 0 Å². The molecule has 0 spiro atoms. The van der Waals surface area contributed by atoms with E-state index in [1.807, 2.05) is 54.6 Å². The molecule has 2 amide bonds. The van der Waals surface area contributed by atoms with Crippen LogP contribution in [0.15, 0.2) is 54.6 Å². The fourth-order valence-corrected chi connectivity index (χ4v) is 2.94. The minimum atomic E-state index is -0.500. The lowest BCUT2D eigenvalue weighted by Gasteiger charge is -2.16. The fraction of sp³-hybridized carbons (Fsp3) is 0.300. The van der Waals surface area contributed by atoms with Gasteiger partial charge >= 0.3 is 0 Å². The van der Waals surface area contributed by atoms with Crippen molar-refractivity contribution in [2.24, 2.45) is 0 Å². The second kappa shape index (κ2) is 7.30. The smallest absolute Gasteiger partial charge is 0.256 e. The molecule has 3 rings (SSSR count). The molecule has 0 unspecified atom stereocenters. The Bertz CT molecular complexity index is 710. The zero-order chi connectivity index (χ0) is 16.9. The average Bonchev–Trinajstić information content (AvgIpc) is 2.88. The van der Waals surface area contributed by atoms with Crippen LogP contribution >= 0.6 is 0 Å². The summed E-state index contributed by atoms with van der Waals surface area (Å²) in [5, 5.41) is 3.15. The van der Waals surface area contributed by atoms with E-state index in [4.69, 9.17) is 0 Å². The number of amides is 2. The van der Waals surface area contributed by atoms with E-state index in [1.54, 1.807) is 0 Å². The molecule has 0 aliphatic carbocycles. The highest BCUT2D eigenvalue weighted by Gasteiger charge is 2.39. The van der Waals surface area contributed by atoms with E-state index in [9.17, 15) is 9.59 Å². The van der Waals surface area contributed by atoms with Crippen molar-refractivity contribution in [1.82, 2.24) is 0 Å². The zero-order valence-electron chi connectivity index (χ0n) is 13.9. The molecule has 1 aliphatic rings. The number of carbonyl (C=O) groups is 2. The molecule has 0 aromatic heterocycles. The number of hydrogen-bond donors (Lipinski definition) is 1. The van der Waals surface area contributed by atoms with Crippen LogP contribution in [0, 0.1) is 0 Å². The van der Waals surface area contributed by atoms with Crippen molar-refractivity contribution in [2.75, 3.05) is 10.2 Å². The van der Waals surface area contributed by atoms with Crippen molar-refractivity contribution in [3.63, 3.8) is 0 Å². The van der Waals surface area contributed by atoms with Crippen molar-refractivity contribution >= 4 is 23.2 Å². The monoisotopic (exact) mass is 322 g/mol. The number of para-hydroxylation sites is 1. The van der Waals surface area contributed by atoms with Gasteiger partial charge in [-0.3, -0.25) is 9.59 Å². The molecule has 1 fully saturated rings. The lowest BCUT2D eigenvalue weighted by atomic mass is 10.1. The predicted octanol–water partition coefficient (Wildman–Crippen LogP) is 3.77. The minimum absolute atomic E-state index is 0.158. The number of unbranched alkanes of at least 4 members (excludes halogenated alkanes) is 1. The Morgan fingerprint density at radius 3 is 2.42 bits per heavy atom. The van der Waals surface area contributed by atoms with E-state index in [-0.39, 0.29) is 18.2 Å². The minimum Gasteiger partial charge on any atom is -0.373 e. The van der Waals surface area contributed by atoms with Gasteiger partial charge in [-0.05, 0) is 42.7 Å². The number of nitrogens with zero attached hydrogens (tertiary/aromatic N) is 1. The van der Waals surface area contributed by atoms with Crippen LogP contribution in [0.4, 0.5) is 11.4 Å². The number of hydrogen-bond acceptors (Lipinski definition) is 3. The Morgan fingerprint density at radius 1 is 1.04 bits per heavy atom. The van der Waals surface area contributed by atoms with Crippen LogP contribution in [-0.4, -0.2) is 17.9 Å². The van der Waals surface area contributed by atoms with Gasteiger partial charge in [0, 0.05) is 5.69 Å². The number of imide groups is 1. The van der Waals surface area contributed by atoms with Gasteiger partial charge in [0.05, 0.1) is 12.1 Å². The molecule has 2 aromatic carbocycles. The Labute approximate surface area is 142 Å². The van der Waals surface area contributed by atoms with Crippen molar-refractivity contribution in [2.45, 2.75) is 38.6 Å². The van der Waals surface area contributed by atoms with E-state index in [0.29, 0.717) is 5.69 Å². The van der Waals surface area contributed by atoms with Crippen molar-refractivity contribution in [3.05, 3.63) is 60.2 Å². The summed E-state index contributed by atoms with van der Waals surface area (Å²) in [6.07, 6.45) is 3.50. The maximum Gasteiger partial charge on any atom is 0.256 e. The largest absolute Gasteiger partial charge is 0.373 e. The van der Waals surface area contributed by atoms with E-state index in [0.717, 1.165) is 24.9 Å². The molecule has 1 aliphatic heterocycles. The molecule has 4 heteroatoms. The molecule has 24 heavy (non-hydrogen) atoms. The molecule has 4 nitrogen and oxygen atoms in total. The van der Waals surface area contributed by atoms with Gasteiger partial charge in [-0.25, -0.2) is 4.90 Å². The van der Waals surface area contributed by atoms with Gasteiger partial charge in [0.2, 0.25) is 5.91 Å². The summed E-state index contributed by atoms with van der Waals surface area (Å²) >= 11 is 0. The number of carbonyl (C=O) groups excluding carboxylic acids is 2. The van der Waals surface area contributed by atoms with Crippen LogP contribution in [-0.2, 0) is 16.0 Å². The normalized spacial score (nSPS) is 17.4. The SMILES string of the molecule is CCCCc1ccc(N2C(=O)C[C@H](Nc3ccccc3)C2=O)cc1. The summed E-state index contributed by atoms with van der Waals surface area (Å²) in [7, 11) is 0. The molecule has 1 atom stereocenters. The number of nitrogens with one attached hydrogen (secondary N) is 1. The first-order valence-corrected chi connectivity index (χ1v) is 8.46. The van der Waals surface area contributed by atoms with Crippen LogP contribution in [0.25, 0.3) is 0 Å². The second-order valence-electron chi connectivity index (χ2n) is 6.10. The molecule has 124 valence electrons. The Balaban J connectivity index is 1.72. The van der Waals surface area contributed by atoms with Crippen molar-refractivity contribution in [3.8, 4) is 0 Å². The first kappa shape index (κ1) is 16.2. The molecular formula is C20H22N2O2. The molecule has 2 aromatic rings. The van der Waals surface area contributed by atoms with E-state index in [1.165, 1.54) is 10.5 Å². The van der Waals surface area contributed by atoms with Gasteiger partial charge in [-0.2, -0.15) is 0 Å². The molecule has 0 radical (unpaired) electrons. The van der Waals surface area contributed by atoms with Crippen LogP contribution in [0.1, 0.15) is 31.7 Å². The van der Waals surface area contributed by atoms with Gasteiger partial charge in [0.25, 0.3) is 5.91 Å². The van der Waals surface area contributed by atoms with Gasteiger partial charge in [0.1, 0.15) is 6.04 Å². The third-order valence-electron chi connectivity index (χ3n) is 4.27. The highest BCUT2D eigenvalue weighted by Crippen LogP contribution is 2.25. The first-order valence-electron chi connectivity index (χ1n) is 8.46. The van der Waals surface area contributed by atoms with Crippen LogP contribution in [0.2, 0.25) is 0 Å². The fourth-order valence-electron chi connectivity index (χ4n) is 2.94. The zero-order valence-corrected chi connectivity index (χ0v) is 13.9. The Morgan fingerprint density at radius 2 is 1.75 bits per heavy atom. The predicted molar refractivity (Wildman–Crippen MR) is 96.0 cm³/mol. The van der Waals surface area contributed by atoms with E-state index in [2.05, 4.69) is 12.2 Å². The highest BCUT2D eigenvalue weighted by molar-refractivity contribution is 6.23. The standard InChI is InChI=1S/C20H22N2O2/c1-2-3-7-15-10-12-17(13-11-15)22-19(23)14-18(20(22)24)21-16-8-5-4-6-9-16/h4-6,8-13,18,21H,2-3,7,14H2,1H3/t18-/m0/s1. The van der Waals surface area contributed by atoms with Crippen molar-refractivity contribution < 1.29 is 9.59 Å². The van der Waals surface area contributed by atoms with Gasteiger partial charge < -0.3 is 5.32 Å². The summed E-state index contributed by atoms with van der Waals surface area (Å²) in [5.41, 5.74) is 2.74. The molecule has 0 saturated carbocycles. The molecule has 1 N–H and O–H groups in total. The maximum absolute atomic E-state index is 12.6. The van der Waals surface area contributed by atoms with E-state index >= 15 is 0 Å². The maximum atomic E-state index is 12.6. The lowest BCUT2D eigenvalue weighted by Crippen LogP contribution is -2.34. The van der Waals surface area contributed by atoms with Crippen LogP contribution in [0.3, 0.4) is 0 Å². The summed E-state index contributed by atoms with van der Waals surface area (Å²) in [4.78, 5) is 26.2. The number of benzene rings is 2. The van der Waals surface area contributed by atoms with Crippen LogP contribution < -0.4 is 10.2 Å². The van der Waals surface area contributed by atoms with E-state index < -0.39 is 6.04 Å². The third kappa shape index (κ3) is 3.48. The molecular weight excluding hydrogens is 300 g/mol. The molecule has 1 saturated heterocycles. The van der Waals surface area contributed by atoms with Gasteiger partial charge in [-0.15, -0.1) is 0 Å². The summed E-state index contributed by atoms with van der Waals surface area (Å²) < 4.78 is 0. The Kier molecular flexibility index (Phi) is 4.94. The molecule has 1 heterocycles. The van der Waals surface area contributed by atoms with Gasteiger partial charge in [-0.1, -0.05) is 43.7 Å². The lowest BCUT2D eigenvalue weighted by molar-refractivity contribution is -0.121. The summed E-state index contributed by atoms with van der Waals surface area (Å²) in [6, 6.07) is 16.7. The third-order valence-corrected chi connectivity index (χ3v) is 4.27. The summed E-state index contributed by atoms with van der Waals surface area (Å²) in [5.74, 6) is -0.347. The highest BCUT2D eigenvalue weighted by atomic mass is 16.2. The average molecular weight is 322 g/mol.